The number of hydrogen-bond donors (Lipinski definition) is 1. The number of likely N-dealkylation sites (tertiary alicyclic amines) is 1. The normalized spacial score (nSPS) is 23.3. The number of carboxylic acids is 1. The van der Waals surface area contributed by atoms with E-state index in [0.29, 0.717) is 18.5 Å². The smallest absolute Gasteiger partial charge is 0.326 e. The fourth-order valence-electron chi connectivity index (χ4n) is 2.16. The van der Waals surface area contributed by atoms with Gasteiger partial charge in [0, 0.05) is 25.5 Å². The average Bonchev–Trinajstić information content (AvgIpc) is 2.93. The maximum absolute atomic E-state index is 12.3. The topological polar surface area (TPSA) is 66.8 Å². The quantitative estimate of drug-likeness (QED) is 0.900. The van der Waals surface area contributed by atoms with Crippen LogP contribution in [0.4, 0.5) is 0 Å². The van der Waals surface area contributed by atoms with Crippen LogP contribution in [-0.2, 0) is 9.53 Å². The van der Waals surface area contributed by atoms with Crippen molar-refractivity contribution in [2.24, 2.45) is 0 Å². The number of nitrogens with zero attached hydrogens (tertiary/aromatic N) is 1. The zero-order valence-electron chi connectivity index (χ0n) is 10.3. The molecule has 1 fully saturated rings. The monoisotopic (exact) mass is 269 g/mol. The number of carbonyl (C=O) groups excluding carboxylic acids is 1. The molecule has 2 heterocycles. The van der Waals surface area contributed by atoms with Crippen LogP contribution in [0, 0.1) is 6.92 Å². The Bertz CT molecular complexity index is 470. The molecule has 1 N–H and O–H groups in total. The molecule has 0 aliphatic carbocycles. The van der Waals surface area contributed by atoms with Crippen molar-refractivity contribution >= 4 is 23.2 Å². The molecule has 0 spiro atoms. The Morgan fingerprint density at radius 1 is 1.50 bits per heavy atom. The Hall–Kier alpha value is -1.40. The highest BCUT2D eigenvalue weighted by atomic mass is 32.1. The maximum Gasteiger partial charge on any atom is 0.326 e. The van der Waals surface area contributed by atoms with Crippen molar-refractivity contribution in [3.8, 4) is 0 Å². The molecule has 18 heavy (non-hydrogen) atoms. The maximum atomic E-state index is 12.3. The summed E-state index contributed by atoms with van der Waals surface area (Å²) in [6.07, 6.45) is 0.148. The van der Waals surface area contributed by atoms with Gasteiger partial charge in [-0.1, -0.05) is 0 Å². The van der Waals surface area contributed by atoms with Gasteiger partial charge in [0.25, 0.3) is 5.91 Å². The summed E-state index contributed by atoms with van der Waals surface area (Å²) in [6.45, 7) is 2.19. The lowest BCUT2D eigenvalue weighted by atomic mass is 10.1. The Morgan fingerprint density at radius 3 is 2.72 bits per heavy atom. The van der Waals surface area contributed by atoms with Gasteiger partial charge in [0.1, 0.15) is 6.04 Å². The molecule has 0 aromatic carbocycles. The molecule has 2 unspecified atom stereocenters. The van der Waals surface area contributed by atoms with Gasteiger partial charge in [0.2, 0.25) is 0 Å². The number of amides is 1. The largest absolute Gasteiger partial charge is 0.480 e. The highest BCUT2D eigenvalue weighted by Gasteiger charge is 2.40. The third-order valence-electron chi connectivity index (χ3n) is 3.23. The predicted molar refractivity (Wildman–Crippen MR) is 66.9 cm³/mol. The van der Waals surface area contributed by atoms with Gasteiger partial charge in [-0.25, -0.2) is 4.79 Å². The summed E-state index contributed by atoms with van der Waals surface area (Å²) in [5.41, 5.74) is 1.47. The van der Waals surface area contributed by atoms with Crippen LogP contribution >= 0.6 is 11.3 Å². The molecule has 0 radical (unpaired) electrons. The highest BCUT2D eigenvalue weighted by Crippen LogP contribution is 2.25. The van der Waals surface area contributed by atoms with Crippen LogP contribution in [-0.4, -0.2) is 47.7 Å². The number of methoxy groups -OCH3 is 1. The van der Waals surface area contributed by atoms with E-state index in [0.717, 1.165) is 5.56 Å². The minimum Gasteiger partial charge on any atom is -0.480 e. The van der Waals surface area contributed by atoms with Crippen LogP contribution in [0.1, 0.15) is 22.3 Å². The van der Waals surface area contributed by atoms with E-state index < -0.39 is 12.0 Å². The molecular formula is C12H15NO4S. The Morgan fingerprint density at radius 2 is 2.22 bits per heavy atom. The van der Waals surface area contributed by atoms with Crippen molar-refractivity contribution < 1.29 is 19.4 Å². The summed E-state index contributed by atoms with van der Waals surface area (Å²) in [6, 6.07) is -0.790. The van der Waals surface area contributed by atoms with E-state index in [2.05, 4.69) is 0 Å². The van der Waals surface area contributed by atoms with Crippen LogP contribution in [0.15, 0.2) is 10.8 Å². The predicted octanol–water partition coefficient (Wildman–Crippen LogP) is 1.37. The number of carboxylic acid groups (broad SMARTS) is 1. The number of hydrogen-bond acceptors (Lipinski definition) is 4. The SMILES string of the molecule is COC1CC(C(=O)O)N(C(=O)c2cscc2C)C1. The summed E-state index contributed by atoms with van der Waals surface area (Å²) >= 11 is 1.44. The molecule has 98 valence electrons. The Kier molecular flexibility index (Phi) is 3.68. The lowest BCUT2D eigenvalue weighted by molar-refractivity contribution is -0.141. The summed E-state index contributed by atoms with van der Waals surface area (Å²) in [5.74, 6) is -1.20. The van der Waals surface area contributed by atoms with Gasteiger partial charge in [-0.05, 0) is 17.9 Å². The minimum atomic E-state index is -0.976. The van der Waals surface area contributed by atoms with E-state index in [1.165, 1.54) is 23.3 Å². The number of thiophene rings is 1. The standard InChI is InChI=1S/C12H15NO4S/c1-7-5-18-6-9(7)11(14)13-4-8(17-2)3-10(13)12(15)16/h5-6,8,10H,3-4H2,1-2H3,(H,15,16). The average molecular weight is 269 g/mol. The molecule has 6 heteroatoms. The number of ether oxygens (including phenoxy) is 1. The zero-order valence-corrected chi connectivity index (χ0v) is 11.1. The first-order valence-electron chi connectivity index (χ1n) is 5.64. The molecule has 0 bridgehead atoms. The van der Waals surface area contributed by atoms with Crippen molar-refractivity contribution in [1.82, 2.24) is 4.90 Å². The van der Waals surface area contributed by atoms with Gasteiger partial charge in [0.15, 0.2) is 0 Å². The van der Waals surface area contributed by atoms with Gasteiger partial charge >= 0.3 is 5.97 Å². The van der Waals surface area contributed by atoms with Crippen molar-refractivity contribution in [1.29, 1.82) is 0 Å². The fourth-order valence-corrected chi connectivity index (χ4v) is 2.98. The lowest BCUT2D eigenvalue weighted by Gasteiger charge is -2.21. The van der Waals surface area contributed by atoms with E-state index in [-0.39, 0.29) is 12.0 Å². The Balaban J connectivity index is 2.23. The molecule has 2 rings (SSSR count). The van der Waals surface area contributed by atoms with Crippen molar-refractivity contribution in [2.45, 2.75) is 25.5 Å². The molecule has 0 saturated carbocycles. The molecule has 1 aromatic rings. The van der Waals surface area contributed by atoms with Crippen molar-refractivity contribution in [3.05, 3.63) is 21.9 Å². The minimum absolute atomic E-state index is 0.200. The van der Waals surface area contributed by atoms with E-state index in [4.69, 9.17) is 9.84 Å². The molecule has 1 aliphatic heterocycles. The lowest BCUT2D eigenvalue weighted by Crippen LogP contribution is -2.40. The van der Waals surface area contributed by atoms with Crippen LogP contribution in [0.2, 0.25) is 0 Å². The molecular weight excluding hydrogens is 254 g/mol. The fraction of sp³-hybridized carbons (Fsp3) is 0.500. The number of carbonyl (C=O) groups is 2. The van der Waals surface area contributed by atoms with Crippen molar-refractivity contribution in [3.63, 3.8) is 0 Å². The third-order valence-corrected chi connectivity index (χ3v) is 4.09. The summed E-state index contributed by atoms with van der Waals surface area (Å²) in [4.78, 5) is 24.9. The first kappa shape index (κ1) is 13.0. The number of aryl methyl sites for hydroxylation is 1. The van der Waals surface area contributed by atoms with E-state index in [1.54, 1.807) is 5.38 Å². The highest BCUT2D eigenvalue weighted by molar-refractivity contribution is 7.08. The van der Waals surface area contributed by atoms with Gasteiger partial charge < -0.3 is 14.7 Å². The molecule has 2 atom stereocenters. The van der Waals surface area contributed by atoms with Crippen molar-refractivity contribution in [2.75, 3.05) is 13.7 Å². The number of rotatable bonds is 3. The van der Waals surface area contributed by atoms with Gasteiger partial charge in [0.05, 0.1) is 11.7 Å². The van der Waals surface area contributed by atoms with Crippen LogP contribution in [0.5, 0.6) is 0 Å². The number of aliphatic carboxylic acids is 1. The first-order valence-corrected chi connectivity index (χ1v) is 6.58. The molecule has 1 aliphatic rings. The van der Waals surface area contributed by atoms with E-state index in [1.807, 2.05) is 12.3 Å². The Labute approximate surface area is 109 Å². The first-order chi connectivity index (χ1) is 8.54. The summed E-state index contributed by atoms with van der Waals surface area (Å²) in [5, 5.41) is 12.8. The second-order valence-corrected chi connectivity index (χ2v) is 5.12. The zero-order chi connectivity index (χ0) is 13.3. The van der Waals surface area contributed by atoms with Gasteiger partial charge in [-0.3, -0.25) is 4.79 Å². The second-order valence-electron chi connectivity index (χ2n) is 4.37. The van der Waals surface area contributed by atoms with Crippen LogP contribution in [0.3, 0.4) is 0 Å². The molecule has 1 saturated heterocycles. The van der Waals surface area contributed by atoms with E-state index in [9.17, 15) is 9.59 Å². The molecule has 1 amide bonds. The summed E-state index contributed by atoms with van der Waals surface area (Å²) < 4.78 is 5.16. The molecule has 1 aromatic heterocycles. The molecule has 5 nitrogen and oxygen atoms in total. The van der Waals surface area contributed by atoms with Crippen LogP contribution in [0.25, 0.3) is 0 Å². The van der Waals surface area contributed by atoms with Gasteiger partial charge in [-0.15, -0.1) is 0 Å². The van der Waals surface area contributed by atoms with Gasteiger partial charge in [-0.2, -0.15) is 11.3 Å². The van der Waals surface area contributed by atoms with E-state index >= 15 is 0 Å². The second kappa shape index (κ2) is 5.07. The summed E-state index contributed by atoms with van der Waals surface area (Å²) in [7, 11) is 1.54. The third kappa shape index (κ3) is 2.26. The van der Waals surface area contributed by atoms with Crippen LogP contribution < -0.4 is 0 Å².